The van der Waals surface area contributed by atoms with E-state index in [1.807, 2.05) is 36.4 Å². The van der Waals surface area contributed by atoms with Gasteiger partial charge in [-0.15, -0.1) is 0 Å². The molecule has 1 amide bonds. The highest BCUT2D eigenvalue weighted by Gasteiger charge is 2.28. The fourth-order valence-corrected chi connectivity index (χ4v) is 4.68. The van der Waals surface area contributed by atoms with Crippen molar-refractivity contribution in [1.82, 2.24) is 4.72 Å². The van der Waals surface area contributed by atoms with Crippen molar-refractivity contribution in [2.45, 2.75) is 17.4 Å². The van der Waals surface area contributed by atoms with E-state index in [2.05, 4.69) is 10.0 Å². The van der Waals surface area contributed by atoms with E-state index < -0.39 is 22.0 Å². The lowest BCUT2D eigenvalue weighted by atomic mass is 10.1. The van der Waals surface area contributed by atoms with Crippen molar-refractivity contribution in [3.8, 4) is 0 Å². The Morgan fingerprint density at radius 3 is 2.17 bits per heavy atom. The quantitative estimate of drug-likeness (QED) is 0.557. The normalized spacial score (nSPS) is 12.3. The van der Waals surface area contributed by atoms with Crippen molar-refractivity contribution in [3.05, 3.63) is 94.5 Å². The summed E-state index contributed by atoms with van der Waals surface area (Å²) in [5.41, 5.74) is 1.37. The Kier molecular flexibility index (Phi) is 6.92. The molecule has 0 aliphatic rings. The molecular weight excluding hydrogens is 431 g/mol. The summed E-state index contributed by atoms with van der Waals surface area (Å²) < 4.78 is 28.3. The van der Waals surface area contributed by atoms with Crippen molar-refractivity contribution in [2.75, 3.05) is 5.32 Å². The topological polar surface area (TPSA) is 75.3 Å². The maximum absolute atomic E-state index is 12.9. The molecule has 0 aromatic heterocycles. The molecule has 5 nitrogen and oxygen atoms in total. The predicted octanol–water partition coefficient (Wildman–Crippen LogP) is 4.52. The lowest BCUT2D eigenvalue weighted by molar-refractivity contribution is -0.117. The minimum Gasteiger partial charge on any atom is -0.325 e. The molecule has 29 heavy (non-hydrogen) atoms. The maximum atomic E-state index is 12.9. The van der Waals surface area contributed by atoms with Gasteiger partial charge in [0.05, 0.1) is 5.02 Å². The number of anilines is 1. The molecule has 0 heterocycles. The molecule has 0 fully saturated rings. The highest BCUT2D eigenvalue weighted by Crippen LogP contribution is 2.25. The van der Waals surface area contributed by atoms with E-state index in [1.54, 1.807) is 24.3 Å². The molecular formula is C21H18Cl2N2O3S. The monoisotopic (exact) mass is 448 g/mol. The van der Waals surface area contributed by atoms with Crippen LogP contribution in [0.25, 0.3) is 0 Å². The SMILES string of the molecule is O=C(Nc1ccccc1)[C@H](Cc1ccccc1)NS(=O)(=O)c1cc(Cl)ccc1Cl. The summed E-state index contributed by atoms with van der Waals surface area (Å²) >= 11 is 12.0. The summed E-state index contributed by atoms with van der Waals surface area (Å²) in [5.74, 6) is -0.484. The van der Waals surface area contributed by atoms with E-state index in [1.165, 1.54) is 18.2 Å². The van der Waals surface area contributed by atoms with Crippen LogP contribution in [0.3, 0.4) is 0 Å². The number of rotatable bonds is 7. The Hall–Kier alpha value is -2.38. The molecule has 0 aliphatic heterocycles. The van der Waals surface area contributed by atoms with Crippen LogP contribution in [0.15, 0.2) is 83.8 Å². The number of benzene rings is 3. The van der Waals surface area contributed by atoms with Gasteiger partial charge in [0.2, 0.25) is 15.9 Å². The molecule has 0 radical (unpaired) electrons. The number of carbonyl (C=O) groups excluding carboxylic acids is 1. The molecule has 0 aliphatic carbocycles. The van der Waals surface area contributed by atoms with E-state index in [0.717, 1.165) is 5.56 Å². The molecule has 1 atom stereocenters. The number of hydrogen-bond acceptors (Lipinski definition) is 3. The molecule has 0 unspecified atom stereocenters. The average Bonchev–Trinajstić information content (AvgIpc) is 2.70. The van der Waals surface area contributed by atoms with Gasteiger partial charge in [0.1, 0.15) is 10.9 Å². The van der Waals surface area contributed by atoms with Gasteiger partial charge in [0, 0.05) is 10.7 Å². The van der Waals surface area contributed by atoms with Gasteiger partial charge in [-0.25, -0.2) is 8.42 Å². The Morgan fingerprint density at radius 2 is 1.52 bits per heavy atom. The Balaban J connectivity index is 1.89. The second-order valence-corrected chi connectivity index (χ2v) is 8.82. The Bertz CT molecular complexity index is 1090. The summed E-state index contributed by atoms with van der Waals surface area (Å²) in [6.07, 6.45) is 0.164. The predicted molar refractivity (Wildman–Crippen MR) is 116 cm³/mol. The number of halogens is 2. The second kappa shape index (κ2) is 9.41. The molecule has 3 rings (SSSR count). The Labute approximate surface area is 179 Å². The fraction of sp³-hybridized carbons (Fsp3) is 0.0952. The molecule has 3 aromatic rings. The largest absolute Gasteiger partial charge is 0.325 e. The first-order valence-corrected chi connectivity index (χ1v) is 11.0. The van der Waals surface area contributed by atoms with Gasteiger partial charge in [-0.1, -0.05) is 71.7 Å². The molecule has 0 bridgehead atoms. The third-order valence-electron chi connectivity index (χ3n) is 4.12. The third kappa shape index (κ3) is 5.81. The standard InChI is InChI=1S/C21H18Cl2N2O3S/c22-16-11-12-18(23)20(14-16)29(27,28)25-19(13-15-7-3-1-4-8-15)21(26)24-17-9-5-2-6-10-17/h1-12,14,19,25H,13H2,(H,24,26)/t19-/m0/s1. The zero-order valence-electron chi connectivity index (χ0n) is 15.2. The summed E-state index contributed by atoms with van der Waals surface area (Å²) in [4.78, 5) is 12.7. The van der Waals surface area contributed by atoms with Crippen LogP contribution in [0.4, 0.5) is 5.69 Å². The first-order valence-electron chi connectivity index (χ1n) is 8.72. The Morgan fingerprint density at radius 1 is 0.897 bits per heavy atom. The number of nitrogens with one attached hydrogen (secondary N) is 2. The van der Waals surface area contributed by atoms with Crippen LogP contribution in [-0.2, 0) is 21.2 Å². The minimum absolute atomic E-state index is 0.0174. The zero-order chi connectivity index (χ0) is 20.9. The number of para-hydroxylation sites is 1. The van der Waals surface area contributed by atoms with Crippen LogP contribution >= 0.6 is 23.2 Å². The van der Waals surface area contributed by atoms with Gasteiger partial charge in [-0.05, 0) is 42.3 Å². The zero-order valence-corrected chi connectivity index (χ0v) is 17.5. The van der Waals surface area contributed by atoms with Gasteiger partial charge in [-0.2, -0.15) is 4.72 Å². The van der Waals surface area contributed by atoms with Crippen LogP contribution < -0.4 is 10.0 Å². The van der Waals surface area contributed by atoms with E-state index in [4.69, 9.17) is 23.2 Å². The van der Waals surface area contributed by atoms with Crippen LogP contribution in [0.2, 0.25) is 10.0 Å². The molecule has 0 saturated heterocycles. The van der Waals surface area contributed by atoms with Crippen LogP contribution in [0, 0.1) is 0 Å². The summed E-state index contributed by atoms with van der Waals surface area (Å²) in [6, 6.07) is 21.0. The fourth-order valence-electron chi connectivity index (χ4n) is 2.72. The van der Waals surface area contributed by atoms with Gasteiger partial charge in [0.25, 0.3) is 0 Å². The van der Waals surface area contributed by atoms with Crippen molar-refractivity contribution in [2.24, 2.45) is 0 Å². The van der Waals surface area contributed by atoms with Gasteiger partial charge >= 0.3 is 0 Å². The van der Waals surface area contributed by atoms with E-state index in [9.17, 15) is 13.2 Å². The summed E-state index contributed by atoms with van der Waals surface area (Å²) in [7, 11) is -4.10. The van der Waals surface area contributed by atoms with Crippen LogP contribution in [0.5, 0.6) is 0 Å². The summed E-state index contributed by atoms with van der Waals surface area (Å²) in [6.45, 7) is 0. The van der Waals surface area contributed by atoms with Crippen LogP contribution in [-0.4, -0.2) is 20.4 Å². The van der Waals surface area contributed by atoms with E-state index >= 15 is 0 Å². The summed E-state index contributed by atoms with van der Waals surface area (Å²) in [5, 5.41) is 2.98. The average molecular weight is 449 g/mol. The molecule has 0 saturated carbocycles. The minimum atomic E-state index is -4.10. The molecule has 150 valence electrons. The number of carbonyl (C=O) groups is 1. The van der Waals surface area contributed by atoms with Gasteiger partial charge in [0.15, 0.2) is 0 Å². The smallest absolute Gasteiger partial charge is 0.242 e. The highest BCUT2D eigenvalue weighted by molar-refractivity contribution is 7.89. The lowest BCUT2D eigenvalue weighted by Gasteiger charge is -2.19. The van der Waals surface area contributed by atoms with Crippen molar-refractivity contribution in [1.29, 1.82) is 0 Å². The lowest BCUT2D eigenvalue weighted by Crippen LogP contribution is -2.45. The molecule has 3 aromatic carbocycles. The number of amides is 1. The molecule has 0 spiro atoms. The van der Waals surface area contributed by atoms with Crippen molar-refractivity contribution in [3.63, 3.8) is 0 Å². The van der Waals surface area contributed by atoms with Crippen molar-refractivity contribution < 1.29 is 13.2 Å². The van der Waals surface area contributed by atoms with E-state index in [-0.39, 0.29) is 21.4 Å². The van der Waals surface area contributed by atoms with Gasteiger partial charge in [-0.3, -0.25) is 4.79 Å². The second-order valence-electron chi connectivity index (χ2n) is 6.29. The molecule has 8 heteroatoms. The molecule has 2 N–H and O–H groups in total. The third-order valence-corrected chi connectivity index (χ3v) is 6.31. The maximum Gasteiger partial charge on any atom is 0.242 e. The van der Waals surface area contributed by atoms with E-state index in [0.29, 0.717) is 5.69 Å². The first kappa shape index (κ1) is 21.3. The number of sulfonamides is 1. The van der Waals surface area contributed by atoms with Crippen molar-refractivity contribution >= 4 is 44.8 Å². The van der Waals surface area contributed by atoms with Gasteiger partial charge < -0.3 is 5.32 Å². The highest BCUT2D eigenvalue weighted by atomic mass is 35.5. The first-order chi connectivity index (χ1) is 13.8. The number of hydrogen-bond donors (Lipinski definition) is 2. The van der Waals surface area contributed by atoms with Crippen LogP contribution in [0.1, 0.15) is 5.56 Å².